The number of benzene rings is 2. The van der Waals surface area contributed by atoms with E-state index in [9.17, 15) is 9.18 Å². The van der Waals surface area contributed by atoms with Crippen molar-refractivity contribution < 1.29 is 9.18 Å². The SMILES string of the molecule is Cl.O=C(CC1CCc2ccccc21)N1CCN(c2ccc(F)cc2)CC1. The van der Waals surface area contributed by atoms with Crippen LogP contribution in [0.1, 0.15) is 29.9 Å². The number of fused-ring (bicyclic) bond motifs is 1. The summed E-state index contributed by atoms with van der Waals surface area (Å²) < 4.78 is 13.0. The molecule has 0 aromatic heterocycles. The maximum absolute atomic E-state index is 13.0. The Labute approximate surface area is 160 Å². The summed E-state index contributed by atoms with van der Waals surface area (Å²) in [7, 11) is 0. The molecule has 0 N–H and O–H groups in total. The average molecular weight is 375 g/mol. The van der Waals surface area contributed by atoms with Gasteiger partial charge in [-0.1, -0.05) is 24.3 Å². The molecule has 1 heterocycles. The van der Waals surface area contributed by atoms with Crippen molar-refractivity contribution in [3.05, 3.63) is 65.5 Å². The van der Waals surface area contributed by atoms with Crippen LogP contribution in [0.4, 0.5) is 10.1 Å². The average Bonchev–Trinajstić information content (AvgIpc) is 3.06. The number of carbonyl (C=O) groups is 1. The Bertz CT molecular complexity index is 757. The minimum Gasteiger partial charge on any atom is -0.368 e. The smallest absolute Gasteiger partial charge is 0.223 e. The van der Waals surface area contributed by atoms with E-state index in [0.29, 0.717) is 12.3 Å². The van der Waals surface area contributed by atoms with Crippen LogP contribution in [0.15, 0.2) is 48.5 Å². The van der Waals surface area contributed by atoms with Crippen molar-refractivity contribution in [2.45, 2.75) is 25.2 Å². The van der Waals surface area contributed by atoms with Crippen LogP contribution in [0.3, 0.4) is 0 Å². The van der Waals surface area contributed by atoms with Crippen LogP contribution in [0.25, 0.3) is 0 Å². The van der Waals surface area contributed by atoms with E-state index < -0.39 is 0 Å². The summed E-state index contributed by atoms with van der Waals surface area (Å²) in [6.45, 7) is 3.09. The fourth-order valence-corrected chi connectivity index (χ4v) is 4.06. The van der Waals surface area contributed by atoms with Gasteiger partial charge in [-0.2, -0.15) is 0 Å². The van der Waals surface area contributed by atoms with Gasteiger partial charge in [-0.05, 0) is 54.2 Å². The van der Waals surface area contributed by atoms with Gasteiger partial charge in [0.1, 0.15) is 5.82 Å². The molecule has 1 aliphatic carbocycles. The number of carbonyl (C=O) groups excluding carboxylic acids is 1. The van der Waals surface area contributed by atoms with Crippen LogP contribution < -0.4 is 4.90 Å². The molecule has 1 amide bonds. The van der Waals surface area contributed by atoms with Crippen molar-refractivity contribution in [2.75, 3.05) is 31.1 Å². The summed E-state index contributed by atoms with van der Waals surface area (Å²) in [6.07, 6.45) is 2.79. The summed E-state index contributed by atoms with van der Waals surface area (Å²) in [4.78, 5) is 16.9. The zero-order valence-corrected chi connectivity index (χ0v) is 15.6. The van der Waals surface area contributed by atoms with E-state index in [2.05, 4.69) is 29.2 Å². The van der Waals surface area contributed by atoms with E-state index in [1.807, 2.05) is 17.0 Å². The van der Waals surface area contributed by atoms with Gasteiger partial charge in [0.15, 0.2) is 0 Å². The maximum atomic E-state index is 13.0. The van der Waals surface area contributed by atoms with E-state index in [4.69, 9.17) is 0 Å². The van der Waals surface area contributed by atoms with Crippen LogP contribution >= 0.6 is 12.4 Å². The van der Waals surface area contributed by atoms with Crippen LogP contribution in [-0.2, 0) is 11.2 Å². The number of hydrogen-bond acceptors (Lipinski definition) is 2. The highest BCUT2D eigenvalue weighted by molar-refractivity contribution is 5.85. The Hall–Kier alpha value is -2.07. The zero-order valence-electron chi connectivity index (χ0n) is 14.7. The molecule has 2 aromatic rings. The molecule has 4 rings (SSSR count). The molecule has 2 aromatic carbocycles. The van der Waals surface area contributed by atoms with Crippen molar-refractivity contribution >= 4 is 24.0 Å². The van der Waals surface area contributed by atoms with Gasteiger partial charge in [0, 0.05) is 38.3 Å². The largest absolute Gasteiger partial charge is 0.368 e. The molecule has 0 saturated carbocycles. The number of nitrogens with zero attached hydrogens (tertiary/aromatic N) is 2. The van der Waals surface area contributed by atoms with Crippen molar-refractivity contribution in [2.24, 2.45) is 0 Å². The van der Waals surface area contributed by atoms with Crippen molar-refractivity contribution in [1.29, 1.82) is 0 Å². The molecule has 1 fully saturated rings. The Morgan fingerprint density at radius 1 is 1.00 bits per heavy atom. The second-order valence-corrected chi connectivity index (χ2v) is 6.98. The lowest BCUT2D eigenvalue weighted by Gasteiger charge is -2.36. The molecule has 0 spiro atoms. The Morgan fingerprint density at radius 2 is 1.69 bits per heavy atom. The van der Waals surface area contributed by atoms with Gasteiger partial charge in [-0.25, -0.2) is 4.39 Å². The topological polar surface area (TPSA) is 23.6 Å². The lowest BCUT2D eigenvalue weighted by atomic mass is 9.97. The Balaban J connectivity index is 0.00000196. The molecule has 1 unspecified atom stereocenters. The first-order valence-corrected chi connectivity index (χ1v) is 9.07. The lowest BCUT2D eigenvalue weighted by Crippen LogP contribution is -2.49. The normalized spacial score (nSPS) is 19.0. The highest BCUT2D eigenvalue weighted by atomic mass is 35.5. The van der Waals surface area contributed by atoms with Gasteiger partial charge in [-0.15, -0.1) is 12.4 Å². The third-order valence-electron chi connectivity index (χ3n) is 5.50. The fourth-order valence-electron chi connectivity index (χ4n) is 4.06. The van der Waals surface area contributed by atoms with E-state index in [1.54, 1.807) is 0 Å². The molecule has 5 heteroatoms. The highest BCUT2D eigenvalue weighted by Crippen LogP contribution is 2.35. The van der Waals surface area contributed by atoms with Crippen molar-refractivity contribution in [1.82, 2.24) is 4.90 Å². The third kappa shape index (κ3) is 3.85. The number of halogens is 2. The van der Waals surface area contributed by atoms with Crippen LogP contribution in [0, 0.1) is 5.82 Å². The van der Waals surface area contributed by atoms with Crippen LogP contribution in [0.5, 0.6) is 0 Å². The molecule has 1 atom stereocenters. The second kappa shape index (κ2) is 8.09. The maximum Gasteiger partial charge on any atom is 0.223 e. The van der Waals surface area contributed by atoms with Gasteiger partial charge in [-0.3, -0.25) is 4.79 Å². The Morgan fingerprint density at radius 3 is 2.42 bits per heavy atom. The van der Waals surface area contributed by atoms with Crippen LogP contribution in [0.2, 0.25) is 0 Å². The number of aryl methyl sites for hydroxylation is 1. The van der Waals surface area contributed by atoms with E-state index in [1.165, 1.54) is 23.3 Å². The van der Waals surface area contributed by atoms with E-state index in [0.717, 1.165) is 44.7 Å². The molecule has 3 nitrogen and oxygen atoms in total. The molecule has 2 aliphatic rings. The van der Waals surface area contributed by atoms with Gasteiger partial charge in [0.25, 0.3) is 0 Å². The zero-order chi connectivity index (χ0) is 17.2. The number of piperazine rings is 1. The molecule has 1 saturated heterocycles. The predicted molar refractivity (Wildman–Crippen MR) is 105 cm³/mol. The fraction of sp³-hybridized carbons (Fsp3) is 0.381. The second-order valence-electron chi connectivity index (χ2n) is 6.98. The molecule has 0 radical (unpaired) electrons. The number of amides is 1. The molecule has 0 bridgehead atoms. The quantitative estimate of drug-likeness (QED) is 0.810. The minimum atomic E-state index is -0.214. The molecular formula is C21H24ClFN2O. The summed E-state index contributed by atoms with van der Waals surface area (Å²) in [6, 6.07) is 15.1. The number of hydrogen-bond donors (Lipinski definition) is 0. The number of anilines is 1. The summed E-state index contributed by atoms with van der Waals surface area (Å²) >= 11 is 0. The first-order chi connectivity index (χ1) is 12.2. The van der Waals surface area contributed by atoms with Gasteiger partial charge in [0.2, 0.25) is 5.91 Å². The first-order valence-electron chi connectivity index (χ1n) is 9.07. The van der Waals surface area contributed by atoms with E-state index in [-0.39, 0.29) is 24.1 Å². The summed E-state index contributed by atoms with van der Waals surface area (Å²) in [5, 5.41) is 0. The highest BCUT2D eigenvalue weighted by Gasteiger charge is 2.28. The lowest BCUT2D eigenvalue weighted by molar-refractivity contribution is -0.131. The Kier molecular flexibility index (Phi) is 5.82. The van der Waals surface area contributed by atoms with Gasteiger partial charge in [0.05, 0.1) is 0 Å². The predicted octanol–water partition coefficient (Wildman–Crippen LogP) is 4.02. The molecule has 138 valence electrons. The third-order valence-corrected chi connectivity index (χ3v) is 5.50. The molecular weight excluding hydrogens is 351 g/mol. The monoisotopic (exact) mass is 374 g/mol. The molecule has 26 heavy (non-hydrogen) atoms. The van der Waals surface area contributed by atoms with Crippen LogP contribution in [-0.4, -0.2) is 37.0 Å². The molecule has 1 aliphatic heterocycles. The first kappa shape index (κ1) is 18.7. The van der Waals surface area contributed by atoms with Crippen molar-refractivity contribution in [3.63, 3.8) is 0 Å². The van der Waals surface area contributed by atoms with E-state index >= 15 is 0 Å². The van der Waals surface area contributed by atoms with Gasteiger partial charge < -0.3 is 9.80 Å². The summed E-state index contributed by atoms with van der Waals surface area (Å²) in [5.74, 6) is 0.425. The minimum absolute atomic E-state index is 0. The van der Waals surface area contributed by atoms with Crippen molar-refractivity contribution in [3.8, 4) is 0 Å². The summed E-state index contributed by atoms with van der Waals surface area (Å²) in [5.41, 5.74) is 3.79. The number of rotatable bonds is 3. The van der Waals surface area contributed by atoms with Gasteiger partial charge >= 0.3 is 0 Å². The standard InChI is InChI=1S/C21H23FN2O.ClH/c22-18-7-9-19(10-8-18)23-11-13-24(14-12-23)21(25)15-17-6-5-16-3-1-2-4-20(16)17;/h1-4,7-10,17H,5-6,11-15H2;1H.